The van der Waals surface area contributed by atoms with Crippen LogP contribution in [0.5, 0.6) is 0 Å². The second kappa shape index (κ2) is 11.9. The summed E-state index contributed by atoms with van der Waals surface area (Å²) < 4.78 is 5.86. The van der Waals surface area contributed by atoms with E-state index in [4.69, 9.17) is 20.8 Å². The molecule has 2 aromatic carbocycles. The van der Waals surface area contributed by atoms with Crippen LogP contribution in [0.2, 0.25) is 0 Å². The van der Waals surface area contributed by atoms with Crippen LogP contribution in [-0.2, 0) is 14.3 Å². The Kier molecular flexibility index (Phi) is 9.49. The summed E-state index contributed by atoms with van der Waals surface area (Å²) in [6.45, 7) is 2.18. The van der Waals surface area contributed by atoms with Gasteiger partial charge in [0, 0.05) is 6.08 Å². The molecule has 148 valence electrons. The fourth-order valence-corrected chi connectivity index (χ4v) is 2.22. The van der Waals surface area contributed by atoms with Crippen LogP contribution in [0.4, 0.5) is 0 Å². The SMILES string of the molecule is Cc1ccccc1C(OC/C(N)=[NH+]/O)c1ccccc1.O=C([O-])/C=C/C(=O)O. The van der Waals surface area contributed by atoms with Gasteiger partial charge in [0.2, 0.25) is 0 Å². The van der Waals surface area contributed by atoms with Gasteiger partial charge >= 0.3 is 11.8 Å². The number of hydrogen-bond acceptors (Lipinski definition) is 5. The summed E-state index contributed by atoms with van der Waals surface area (Å²) in [5.41, 5.74) is 8.83. The Morgan fingerprint density at radius 3 is 2.25 bits per heavy atom. The summed E-state index contributed by atoms with van der Waals surface area (Å²) in [5.74, 6) is -2.62. The molecule has 2 rings (SSSR count). The monoisotopic (exact) mass is 386 g/mol. The van der Waals surface area contributed by atoms with E-state index >= 15 is 0 Å². The molecule has 0 saturated heterocycles. The highest BCUT2D eigenvalue weighted by Gasteiger charge is 2.17. The molecule has 0 aliphatic rings. The third-order valence-electron chi connectivity index (χ3n) is 3.48. The van der Waals surface area contributed by atoms with Gasteiger partial charge in [-0.05, 0) is 29.7 Å². The van der Waals surface area contributed by atoms with Gasteiger partial charge in [0.1, 0.15) is 6.10 Å². The smallest absolute Gasteiger partial charge is 0.328 e. The van der Waals surface area contributed by atoms with E-state index < -0.39 is 11.9 Å². The van der Waals surface area contributed by atoms with E-state index in [9.17, 15) is 14.7 Å². The number of carbonyl (C=O) groups is 2. The van der Waals surface area contributed by atoms with Crippen molar-refractivity contribution in [3.05, 3.63) is 83.4 Å². The number of nitrogens with one attached hydrogen (secondary N) is 1. The minimum Gasteiger partial charge on any atom is -0.545 e. The molecule has 0 aliphatic heterocycles. The van der Waals surface area contributed by atoms with E-state index in [0.717, 1.165) is 16.7 Å². The predicted octanol–water partition coefficient (Wildman–Crippen LogP) is -0.695. The standard InChI is InChI=1S/C16H18N2O2.C4H4O4/c1-12-7-5-6-10-14(12)16(20-11-15(17)18-19)13-8-3-2-4-9-13;5-3(6)1-2-4(7)8/h2-10,16,19H,11H2,1H3,(H2,17,18);1-2H,(H,5,6)(H,7,8)/b;2-1+. The lowest BCUT2D eigenvalue weighted by atomic mass is 9.97. The zero-order chi connectivity index (χ0) is 20.9. The molecule has 0 aliphatic carbocycles. The van der Waals surface area contributed by atoms with Crippen LogP contribution >= 0.6 is 0 Å². The molecule has 0 bridgehead atoms. The van der Waals surface area contributed by atoms with Gasteiger partial charge in [0.25, 0.3) is 0 Å². The molecule has 2 aromatic rings. The average Bonchev–Trinajstić information content (AvgIpc) is 2.69. The molecule has 1 unspecified atom stereocenters. The second-order valence-electron chi connectivity index (χ2n) is 5.59. The number of amidine groups is 1. The summed E-state index contributed by atoms with van der Waals surface area (Å²) in [5, 5.41) is 27.9. The van der Waals surface area contributed by atoms with E-state index in [1.807, 2.05) is 66.7 Å². The molecular formula is C20H22N2O6. The molecule has 0 saturated carbocycles. The molecule has 0 radical (unpaired) electrons. The lowest BCUT2D eigenvalue weighted by Gasteiger charge is -2.19. The lowest BCUT2D eigenvalue weighted by molar-refractivity contribution is -0.739. The third kappa shape index (κ3) is 8.15. The third-order valence-corrected chi connectivity index (χ3v) is 3.48. The number of carboxylic acids is 2. The Bertz CT molecular complexity index is 818. The zero-order valence-electron chi connectivity index (χ0n) is 15.2. The van der Waals surface area contributed by atoms with Crippen LogP contribution < -0.4 is 16.0 Å². The fourth-order valence-electron chi connectivity index (χ4n) is 2.22. The number of benzene rings is 2. The molecule has 5 N–H and O–H groups in total. The van der Waals surface area contributed by atoms with Gasteiger partial charge in [-0.25, -0.2) is 4.79 Å². The van der Waals surface area contributed by atoms with Crippen LogP contribution in [0.1, 0.15) is 22.8 Å². The number of nitrogens with two attached hydrogens (primary N) is 1. The van der Waals surface area contributed by atoms with Gasteiger partial charge in [0.05, 0.1) is 5.97 Å². The Balaban J connectivity index is 0.000000416. The quantitative estimate of drug-likeness (QED) is 0.162. The minimum atomic E-state index is -1.51. The largest absolute Gasteiger partial charge is 0.545 e. The van der Waals surface area contributed by atoms with Crippen LogP contribution in [0.15, 0.2) is 66.7 Å². The summed E-state index contributed by atoms with van der Waals surface area (Å²) in [4.78, 5) is 19.0. The number of ether oxygens (including phenoxy) is 1. The maximum atomic E-state index is 9.53. The van der Waals surface area contributed by atoms with Gasteiger partial charge in [-0.2, -0.15) is 0 Å². The predicted molar refractivity (Wildman–Crippen MR) is 99.1 cm³/mol. The van der Waals surface area contributed by atoms with Crippen molar-refractivity contribution < 1.29 is 34.9 Å². The first kappa shape index (κ1) is 22.4. The van der Waals surface area contributed by atoms with E-state index in [1.54, 1.807) is 0 Å². The maximum absolute atomic E-state index is 9.53. The van der Waals surface area contributed by atoms with Crippen molar-refractivity contribution in [1.82, 2.24) is 0 Å². The van der Waals surface area contributed by atoms with Crippen LogP contribution in [0.25, 0.3) is 0 Å². The van der Waals surface area contributed by atoms with E-state index in [0.29, 0.717) is 12.2 Å². The lowest BCUT2D eigenvalue weighted by Crippen LogP contribution is -2.72. The Labute approximate surface area is 162 Å². The van der Waals surface area contributed by atoms with Crippen molar-refractivity contribution in [1.29, 1.82) is 0 Å². The van der Waals surface area contributed by atoms with Crippen molar-refractivity contribution in [2.24, 2.45) is 5.73 Å². The molecule has 8 heteroatoms. The molecule has 0 fully saturated rings. The van der Waals surface area contributed by atoms with Crippen molar-refractivity contribution in [3.63, 3.8) is 0 Å². The van der Waals surface area contributed by atoms with Crippen LogP contribution in [0, 0.1) is 6.92 Å². The van der Waals surface area contributed by atoms with Crippen molar-refractivity contribution in [2.75, 3.05) is 6.61 Å². The summed E-state index contributed by atoms with van der Waals surface area (Å²) >= 11 is 0. The van der Waals surface area contributed by atoms with Crippen molar-refractivity contribution in [3.8, 4) is 0 Å². The first-order chi connectivity index (χ1) is 13.3. The molecule has 0 spiro atoms. The Morgan fingerprint density at radius 1 is 1.14 bits per heavy atom. The number of carbonyl (C=O) groups excluding carboxylic acids is 1. The summed E-state index contributed by atoms with van der Waals surface area (Å²) in [6, 6.07) is 18.0. The highest BCUT2D eigenvalue weighted by Crippen LogP contribution is 2.28. The zero-order valence-corrected chi connectivity index (χ0v) is 15.2. The Hall–Kier alpha value is -3.65. The Morgan fingerprint density at radius 2 is 1.75 bits per heavy atom. The second-order valence-corrected chi connectivity index (χ2v) is 5.59. The highest BCUT2D eigenvalue weighted by atomic mass is 16.5. The van der Waals surface area contributed by atoms with Gasteiger partial charge in [-0.15, -0.1) is 0 Å². The number of hydrogen-bond donors (Lipinski definition) is 4. The summed E-state index contributed by atoms with van der Waals surface area (Å²) in [7, 11) is 0. The number of aryl methyl sites for hydroxylation is 1. The van der Waals surface area contributed by atoms with Crippen LogP contribution in [0.3, 0.4) is 0 Å². The minimum absolute atomic E-state index is 0.129. The molecule has 28 heavy (non-hydrogen) atoms. The topological polar surface area (TPSA) is 147 Å². The van der Waals surface area contributed by atoms with Crippen molar-refractivity contribution in [2.45, 2.75) is 13.0 Å². The first-order valence-corrected chi connectivity index (χ1v) is 8.20. The number of rotatable bonds is 7. The molecule has 0 amide bonds. The normalized spacial score (nSPS) is 12.1. The average molecular weight is 386 g/mol. The van der Waals surface area contributed by atoms with Gasteiger partial charge in [-0.1, -0.05) is 59.8 Å². The highest BCUT2D eigenvalue weighted by molar-refractivity contribution is 5.88. The first-order valence-electron chi connectivity index (χ1n) is 8.20. The number of carboxylic acid groups (broad SMARTS) is 2. The number of aliphatic carboxylic acids is 2. The van der Waals surface area contributed by atoms with Crippen molar-refractivity contribution >= 4 is 17.8 Å². The van der Waals surface area contributed by atoms with E-state index in [-0.39, 0.29) is 18.5 Å². The summed E-state index contributed by atoms with van der Waals surface area (Å²) in [6.07, 6.45) is 0.724. The van der Waals surface area contributed by atoms with E-state index in [1.165, 1.54) is 0 Å². The molecule has 0 aromatic heterocycles. The molecule has 1 atom stereocenters. The van der Waals surface area contributed by atoms with E-state index in [2.05, 4.69) is 0 Å². The molecule has 0 heterocycles. The van der Waals surface area contributed by atoms with Gasteiger partial charge < -0.3 is 25.0 Å². The van der Waals surface area contributed by atoms with Gasteiger partial charge in [0.15, 0.2) is 6.61 Å². The molecule has 8 nitrogen and oxygen atoms in total. The molecular weight excluding hydrogens is 364 g/mol. The van der Waals surface area contributed by atoms with Crippen LogP contribution in [-0.4, -0.2) is 34.7 Å². The fraction of sp³-hybridized carbons (Fsp3) is 0.150. The van der Waals surface area contributed by atoms with Gasteiger partial charge in [-0.3, -0.25) is 5.73 Å². The maximum Gasteiger partial charge on any atom is 0.328 e.